The monoisotopic (exact) mass is 514 g/mol. The van der Waals surface area contributed by atoms with Crippen LogP contribution in [-0.4, -0.2) is 43.2 Å². The zero-order valence-corrected chi connectivity index (χ0v) is 20.5. The number of imide groups is 1. The van der Waals surface area contributed by atoms with Crippen molar-refractivity contribution in [1.29, 1.82) is 0 Å². The van der Waals surface area contributed by atoms with E-state index < -0.39 is 35.9 Å². The minimum atomic E-state index is -1.55. The average Bonchev–Trinajstić information content (AvgIpc) is 3.49. The molecule has 1 aliphatic rings. The number of azide groups is 1. The van der Waals surface area contributed by atoms with Crippen LogP contribution in [0, 0.1) is 5.92 Å². The highest BCUT2D eigenvalue weighted by molar-refractivity contribution is 6.27. The van der Waals surface area contributed by atoms with Crippen LogP contribution in [0.4, 0.5) is 10.2 Å². The van der Waals surface area contributed by atoms with E-state index in [1.807, 2.05) is 0 Å². The van der Waals surface area contributed by atoms with E-state index in [0.717, 1.165) is 4.90 Å². The molecule has 4 aromatic rings. The van der Waals surface area contributed by atoms with E-state index in [4.69, 9.17) is 10.3 Å². The van der Waals surface area contributed by atoms with Crippen LogP contribution in [0.2, 0.25) is 0 Å². The van der Waals surface area contributed by atoms with Crippen LogP contribution in [0.1, 0.15) is 47.2 Å². The molecule has 0 N–H and O–H groups in total. The second-order valence-electron chi connectivity index (χ2n) is 8.83. The van der Waals surface area contributed by atoms with Gasteiger partial charge < -0.3 is 4.74 Å². The molecule has 0 bridgehead atoms. The van der Waals surface area contributed by atoms with Crippen LogP contribution >= 0.6 is 0 Å². The summed E-state index contributed by atoms with van der Waals surface area (Å²) in [5, 5.41) is 3.76. The highest BCUT2D eigenvalue weighted by Gasteiger charge is 2.53. The van der Waals surface area contributed by atoms with E-state index in [9.17, 15) is 9.59 Å². The number of carbonyl (C=O) groups excluding carboxylic acids is 2. The maximum Gasteiger partial charge on any atom is 0.266 e. The number of nitrogens with zero attached hydrogens (tertiary/aromatic N) is 8. The number of benzene rings is 2. The number of fused-ring (bicyclic) bond motifs is 1. The van der Waals surface area contributed by atoms with Crippen LogP contribution in [0.5, 0.6) is 0 Å². The Morgan fingerprint density at radius 2 is 1.68 bits per heavy atom. The summed E-state index contributed by atoms with van der Waals surface area (Å²) in [6.45, 7) is 3.36. The Hall–Kier alpha value is -4.67. The summed E-state index contributed by atoms with van der Waals surface area (Å²) in [7, 11) is 0. The lowest BCUT2D eigenvalue weighted by Crippen LogP contribution is -2.38. The van der Waals surface area contributed by atoms with Crippen molar-refractivity contribution in [3.8, 4) is 0 Å². The van der Waals surface area contributed by atoms with Crippen molar-refractivity contribution in [2.45, 2.75) is 38.4 Å². The van der Waals surface area contributed by atoms with Gasteiger partial charge in [0.15, 0.2) is 35.1 Å². The van der Waals surface area contributed by atoms with E-state index >= 15 is 4.39 Å². The summed E-state index contributed by atoms with van der Waals surface area (Å²) in [5.74, 6) is -2.04. The summed E-state index contributed by atoms with van der Waals surface area (Å²) < 4.78 is 22.9. The van der Waals surface area contributed by atoms with Gasteiger partial charge in [0, 0.05) is 22.0 Å². The molecule has 1 aliphatic heterocycles. The molecule has 5 rings (SSSR count). The maximum atomic E-state index is 15.5. The Morgan fingerprint density at radius 3 is 2.24 bits per heavy atom. The zero-order valence-electron chi connectivity index (χ0n) is 20.5. The molecule has 11 nitrogen and oxygen atoms in total. The second-order valence-corrected chi connectivity index (χ2v) is 8.83. The lowest BCUT2D eigenvalue weighted by molar-refractivity contribution is -0.0846. The SMILES string of the molecule is CC[C@@]1(N=[N+]=[N-])O[C@@H](n2cnc3c(N(C(=O)c4ccccc4)C(=O)c4ccccc4)ncnc32)[C@H](F)[C@@H]1C. The second kappa shape index (κ2) is 10.0. The third-order valence-electron chi connectivity index (χ3n) is 6.78. The molecular weight excluding hydrogens is 491 g/mol. The average molecular weight is 515 g/mol. The first-order valence-electron chi connectivity index (χ1n) is 12.0. The first kappa shape index (κ1) is 25.0. The third kappa shape index (κ3) is 4.05. The number of imidazole rings is 1. The van der Waals surface area contributed by atoms with Crippen LogP contribution < -0.4 is 4.90 Å². The number of carbonyl (C=O) groups is 2. The Morgan fingerprint density at radius 1 is 1.08 bits per heavy atom. The summed E-state index contributed by atoms with van der Waals surface area (Å²) in [6.07, 6.45) is -0.0128. The topological polar surface area (TPSA) is 139 Å². The molecule has 0 radical (unpaired) electrons. The molecule has 12 heteroatoms. The Bertz CT molecular complexity index is 1490. The van der Waals surface area contributed by atoms with Crippen molar-refractivity contribution >= 4 is 28.8 Å². The third-order valence-corrected chi connectivity index (χ3v) is 6.78. The summed E-state index contributed by atoms with van der Waals surface area (Å²) in [6, 6.07) is 16.6. The van der Waals surface area contributed by atoms with Gasteiger partial charge in [-0.3, -0.25) is 14.2 Å². The Labute approximate surface area is 216 Å². The first-order chi connectivity index (χ1) is 18.4. The summed E-state index contributed by atoms with van der Waals surface area (Å²) in [5.41, 5.74) is 8.44. The van der Waals surface area contributed by atoms with Gasteiger partial charge in [-0.05, 0) is 36.2 Å². The Kier molecular flexibility index (Phi) is 6.58. The van der Waals surface area contributed by atoms with E-state index in [2.05, 4.69) is 25.0 Å². The van der Waals surface area contributed by atoms with Gasteiger partial charge in [0.2, 0.25) is 0 Å². The molecule has 2 aromatic carbocycles. The minimum Gasteiger partial charge on any atom is -0.342 e. The first-order valence-corrected chi connectivity index (χ1v) is 12.0. The highest BCUT2D eigenvalue weighted by Crippen LogP contribution is 2.47. The lowest BCUT2D eigenvalue weighted by atomic mass is 9.94. The fourth-order valence-electron chi connectivity index (χ4n) is 4.65. The molecule has 1 fully saturated rings. The van der Waals surface area contributed by atoms with Crippen LogP contribution in [0.15, 0.2) is 78.4 Å². The molecule has 192 valence electrons. The number of alkyl halides is 1. The van der Waals surface area contributed by atoms with Crippen LogP contribution in [0.3, 0.4) is 0 Å². The quantitative estimate of drug-likeness (QED) is 0.149. The van der Waals surface area contributed by atoms with E-state index in [1.54, 1.807) is 74.5 Å². The molecule has 0 saturated carbocycles. The van der Waals surface area contributed by atoms with Crippen molar-refractivity contribution in [2.75, 3.05) is 4.90 Å². The number of aromatic nitrogens is 4. The van der Waals surface area contributed by atoms with Gasteiger partial charge in [-0.15, -0.1) is 0 Å². The van der Waals surface area contributed by atoms with Gasteiger partial charge in [0.05, 0.1) is 6.33 Å². The number of anilines is 1. The number of halogens is 1. The number of hydrogen-bond acceptors (Lipinski definition) is 7. The van der Waals surface area contributed by atoms with Gasteiger partial charge >= 0.3 is 0 Å². The Balaban J connectivity index is 1.63. The maximum absolute atomic E-state index is 15.5. The zero-order chi connectivity index (χ0) is 26.9. The van der Waals surface area contributed by atoms with Crippen molar-refractivity contribution in [1.82, 2.24) is 19.5 Å². The molecule has 4 atom stereocenters. The van der Waals surface area contributed by atoms with E-state index in [1.165, 1.54) is 17.2 Å². The van der Waals surface area contributed by atoms with Gasteiger partial charge in [-0.2, -0.15) is 0 Å². The van der Waals surface area contributed by atoms with Gasteiger partial charge in [0.1, 0.15) is 6.33 Å². The molecule has 0 aliphatic carbocycles. The molecule has 2 amide bonds. The largest absolute Gasteiger partial charge is 0.342 e. The summed E-state index contributed by atoms with van der Waals surface area (Å²) >= 11 is 0. The standard InChI is InChI=1S/C26H23FN8O3/c1-3-26(32-33-28)16(2)19(27)25(38-26)34-15-31-20-21(34)29-14-30-22(20)35(23(36)17-10-6-4-7-11-17)24(37)18-12-8-5-9-13-18/h4-16,19,25H,3H2,1-2H3/t16-,19+,25+,26+/m0/s1. The molecule has 0 spiro atoms. The summed E-state index contributed by atoms with van der Waals surface area (Å²) in [4.78, 5) is 43.9. The number of rotatable bonds is 6. The predicted molar refractivity (Wildman–Crippen MR) is 136 cm³/mol. The lowest BCUT2D eigenvalue weighted by Gasteiger charge is -2.25. The predicted octanol–water partition coefficient (Wildman–Crippen LogP) is 5.23. The van der Waals surface area contributed by atoms with E-state index in [-0.39, 0.29) is 34.5 Å². The minimum absolute atomic E-state index is 0.0605. The van der Waals surface area contributed by atoms with Crippen molar-refractivity contribution in [3.05, 3.63) is 94.9 Å². The van der Waals surface area contributed by atoms with Crippen LogP contribution in [-0.2, 0) is 4.74 Å². The van der Waals surface area contributed by atoms with Gasteiger partial charge in [-0.1, -0.05) is 55.4 Å². The van der Waals surface area contributed by atoms with E-state index in [0.29, 0.717) is 0 Å². The normalized spacial score (nSPS) is 22.7. The molecule has 3 heterocycles. The highest BCUT2D eigenvalue weighted by atomic mass is 19.1. The van der Waals surface area contributed by atoms with Gasteiger partial charge in [0.25, 0.3) is 11.8 Å². The number of hydrogen-bond donors (Lipinski definition) is 0. The number of ether oxygens (including phenoxy) is 1. The fraction of sp³-hybridized carbons (Fsp3) is 0.269. The number of amides is 2. The molecule has 2 aromatic heterocycles. The van der Waals surface area contributed by atoms with Crippen molar-refractivity contribution in [2.24, 2.45) is 11.0 Å². The molecular formula is C26H23FN8O3. The van der Waals surface area contributed by atoms with Crippen molar-refractivity contribution < 1.29 is 18.7 Å². The fourth-order valence-corrected chi connectivity index (χ4v) is 4.65. The molecule has 38 heavy (non-hydrogen) atoms. The molecule has 1 saturated heterocycles. The van der Waals surface area contributed by atoms with Gasteiger partial charge in [-0.25, -0.2) is 24.2 Å². The molecule has 0 unspecified atom stereocenters. The smallest absolute Gasteiger partial charge is 0.266 e. The van der Waals surface area contributed by atoms with Crippen LogP contribution in [0.25, 0.3) is 21.6 Å². The van der Waals surface area contributed by atoms with Crippen molar-refractivity contribution in [3.63, 3.8) is 0 Å².